The van der Waals surface area contributed by atoms with E-state index in [1.807, 2.05) is 12.1 Å². The molecule has 0 aliphatic carbocycles. The molecular formula is C66H54N2O. The van der Waals surface area contributed by atoms with Crippen LogP contribution in [0, 0.1) is 0 Å². The molecule has 10 aromatic carbocycles. The monoisotopic (exact) mass is 890 g/mol. The van der Waals surface area contributed by atoms with Crippen LogP contribution in [0.3, 0.4) is 0 Å². The van der Waals surface area contributed by atoms with Crippen LogP contribution in [0.5, 0.6) is 0 Å². The summed E-state index contributed by atoms with van der Waals surface area (Å²) >= 11 is 0. The molecule has 69 heavy (non-hydrogen) atoms. The van der Waals surface area contributed by atoms with Crippen LogP contribution >= 0.6 is 0 Å². The maximum Gasteiger partial charge on any atom is 0.135 e. The van der Waals surface area contributed by atoms with E-state index in [0.717, 1.165) is 66.9 Å². The second-order valence-corrected chi connectivity index (χ2v) is 20.6. The second kappa shape index (κ2) is 16.3. The van der Waals surface area contributed by atoms with Gasteiger partial charge in [-0.05, 0) is 121 Å². The van der Waals surface area contributed by atoms with Gasteiger partial charge in [0.15, 0.2) is 0 Å². The molecular weight excluding hydrogens is 837 g/mol. The van der Waals surface area contributed by atoms with E-state index in [-0.39, 0.29) is 10.8 Å². The van der Waals surface area contributed by atoms with Crippen LogP contribution < -0.4 is 4.90 Å². The number of benzene rings is 10. The number of para-hydroxylation sites is 5. The molecule has 2 heterocycles. The van der Waals surface area contributed by atoms with Crippen molar-refractivity contribution in [1.29, 1.82) is 0 Å². The maximum atomic E-state index is 6.23. The minimum absolute atomic E-state index is 0.0182. The van der Waals surface area contributed by atoms with E-state index in [9.17, 15) is 0 Å². The predicted molar refractivity (Wildman–Crippen MR) is 294 cm³/mol. The Kier molecular flexibility index (Phi) is 9.97. The Hall–Kier alpha value is -8.14. The van der Waals surface area contributed by atoms with E-state index < -0.39 is 0 Å². The number of fused-ring (bicyclic) bond motifs is 7. The molecule has 0 unspecified atom stereocenters. The lowest BCUT2D eigenvalue weighted by atomic mass is 9.78. The molecule has 3 nitrogen and oxygen atoms in total. The zero-order valence-corrected chi connectivity index (χ0v) is 40.1. The van der Waals surface area contributed by atoms with Gasteiger partial charge in [0.1, 0.15) is 11.2 Å². The van der Waals surface area contributed by atoms with E-state index in [1.54, 1.807) is 0 Å². The summed E-state index contributed by atoms with van der Waals surface area (Å²) in [5, 5.41) is 7.12. The van der Waals surface area contributed by atoms with Crippen LogP contribution in [-0.4, -0.2) is 4.57 Å². The molecule has 0 N–H and O–H groups in total. The van der Waals surface area contributed by atoms with Crippen molar-refractivity contribution < 1.29 is 4.42 Å². The molecule has 12 rings (SSSR count). The van der Waals surface area contributed by atoms with Crippen molar-refractivity contribution in [2.45, 2.75) is 52.4 Å². The molecule has 0 amide bonds. The van der Waals surface area contributed by atoms with Crippen molar-refractivity contribution in [3.05, 3.63) is 230 Å². The Balaban J connectivity index is 1.11. The minimum Gasteiger partial charge on any atom is -0.456 e. The summed E-state index contributed by atoms with van der Waals surface area (Å²) in [5.74, 6) is 0. The summed E-state index contributed by atoms with van der Waals surface area (Å²) in [4.78, 5) is 2.49. The third-order valence-electron chi connectivity index (χ3n) is 14.1. The standard InChI is InChI=1S/C66H54N2O/c1-65(2,3)47-39-46(40-48(42-47)66(4,5)6)51-26-16-19-44-20-17-27-55(63(44)51)52-23-10-13-29-58(52)67(50-36-33-43(34-37-50)45-35-38-62-57(41-45)54-25-12-15-32-61(54)69-62)60-31-18-28-56-53-24-11-14-30-59(53)68(64(56)60)49-21-8-7-9-22-49/h7-42H,1-6H3. The van der Waals surface area contributed by atoms with Gasteiger partial charge >= 0.3 is 0 Å². The van der Waals surface area contributed by atoms with Gasteiger partial charge in [-0.1, -0.05) is 199 Å². The van der Waals surface area contributed by atoms with Crippen LogP contribution in [-0.2, 0) is 10.8 Å². The molecule has 3 heteroatoms. The largest absolute Gasteiger partial charge is 0.456 e. The first-order valence-electron chi connectivity index (χ1n) is 24.2. The van der Waals surface area contributed by atoms with Gasteiger partial charge in [0, 0.05) is 38.5 Å². The lowest BCUT2D eigenvalue weighted by Crippen LogP contribution is -2.16. The Morgan fingerprint density at radius 3 is 1.72 bits per heavy atom. The summed E-state index contributed by atoms with van der Waals surface area (Å²) in [5.41, 5.74) is 18.2. The summed E-state index contributed by atoms with van der Waals surface area (Å²) < 4.78 is 8.67. The van der Waals surface area contributed by atoms with Gasteiger partial charge in [0.05, 0.1) is 22.4 Å². The van der Waals surface area contributed by atoms with Gasteiger partial charge in [0.2, 0.25) is 0 Å². The molecule has 2 aromatic heterocycles. The van der Waals surface area contributed by atoms with Crippen LogP contribution in [0.1, 0.15) is 52.7 Å². The second-order valence-electron chi connectivity index (χ2n) is 20.6. The fourth-order valence-electron chi connectivity index (χ4n) is 10.5. The Bertz CT molecular complexity index is 3870. The van der Waals surface area contributed by atoms with Crippen LogP contribution in [0.4, 0.5) is 17.1 Å². The maximum absolute atomic E-state index is 6.23. The molecule has 0 bridgehead atoms. The third-order valence-corrected chi connectivity index (χ3v) is 14.1. The molecule has 0 saturated heterocycles. The number of hydrogen-bond donors (Lipinski definition) is 0. The van der Waals surface area contributed by atoms with Crippen molar-refractivity contribution in [3.8, 4) is 39.1 Å². The molecule has 0 aliphatic heterocycles. The highest BCUT2D eigenvalue weighted by Gasteiger charge is 2.26. The van der Waals surface area contributed by atoms with E-state index in [2.05, 4.69) is 257 Å². The van der Waals surface area contributed by atoms with Gasteiger partial charge in [0.25, 0.3) is 0 Å². The molecule has 0 spiro atoms. The molecule has 0 atom stereocenters. The average molecular weight is 891 g/mol. The highest BCUT2D eigenvalue weighted by molar-refractivity contribution is 6.16. The lowest BCUT2D eigenvalue weighted by molar-refractivity contribution is 0.569. The summed E-state index contributed by atoms with van der Waals surface area (Å²) in [6.07, 6.45) is 0. The highest BCUT2D eigenvalue weighted by Crippen LogP contribution is 2.49. The first kappa shape index (κ1) is 42.2. The SMILES string of the molecule is CC(C)(C)c1cc(-c2cccc3cccc(-c4ccccc4N(c4ccc(-c5ccc6oc7ccccc7c6c5)cc4)c4cccc5c6ccccc6n(-c6ccccc6)c45)c23)cc(C(C)(C)C)c1. The Morgan fingerprint density at radius 2 is 0.971 bits per heavy atom. The third kappa shape index (κ3) is 7.28. The van der Waals surface area contributed by atoms with Crippen molar-refractivity contribution >= 4 is 71.6 Å². The van der Waals surface area contributed by atoms with Gasteiger partial charge < -0.3 is 13.9 Å². The molecule has 334 valence electrons. The van der Waals surface area contributed by atoms with Crippen molar-refractivity contribution in [1.82, 2.24) is 4.57 Å². The van der Waals surface area contributed by atoms with Gasteiger partial charge in [-0.2, -0.15) is 0 Å². The first-order chi connectivity index (χ1) is 33.5. The quantitative estimate of drug-likeness (QED) is 0.159. The number of rotatable bonds is 7. The smallest absolute Gasteiger partial charge is 0.135 e. The number of furan rings is 1. The van der Waals surface area contributed by atoms with Crippen LogP contribution in [0.15, 0.2) is 223 Å². The van der Waals surface area contributed by atoms with Gasteiger partial charge in [-0.15, -0.1) is 0 Å². The lowest BCUT2D eigenvalue weighted by Gasteiger charge is -2.30. The van der Waals surface area contributed by atoms with Crippen molar-refractivity contribution in [2.24, 2.45) is 0 Å². The van der Waals surface area contributed by atoms with Gasteiger partial charge in [-0.25, -0.2) is 0 Å². The highest BCUT2D eigenvalue weighted by atomic mass is 16.3. The number of nitrogens with zero attached hydrogens (tertiary/aromatic N) is 2. The number of anilines is 3. The topological polar surface area (TPSA) is 21.3 Å². The van der Waals surface area contributed by atoms with E-state index in [0.29, 0.717) is 0 Å². The molecule has 12 aromatic rings. The fourth-order valence-corrected chi connectivity index (χ4v) is 10.5. The van der Waals surface area contributed by atoms with E-state index in [1.165, 1.54) is 54.9 Å². The number of hydrogen-bond acceptors (Lipinski definition) is 2. The zero-order chi connectivity index (χ0) is 47.0. The van der Waals surface area contributed by atoms with Gasteiger partial charge in [-0.3, -0.25) is 0 Å². The Labute approximate surface area is 404 Å². The molecule has 0 fully saturated rings. The fraction of sp³-hybridized carbons (Fsp3) is 0.121. The summed E-state index contributed by atoms with van der Waals surface area (Å²) in [7, 11) is 0. The average Bonchev–Trinajstić information content (AvgIpc) is 3.92. The normalized spacial score (nSPS) is 12.2. The summed E-state index contributed by atoms with van der Waals surface area (Å²) in [6, 6.07) is 80.2. The minimum atomic E-state index is -0.0182. The first-order valence-corrected chi connectivity index (χ1v) is 24.2. The summed E-state index contributed by atoms with van der Waals surface area (Å²) in [6.45, 7) is 13.9. The van der Waals surface area contributed by atoms with Crippen molar-refractivity contribution in [2.75, 3.05) is 4.90 Å². The van der Waals surface area contributed by atoms with E-state index in [4.69, 9.17) is 4.42 Å². The Morgan fingerprint density at radius 1 is 0.391 bits per heavy atom. The van der Waals surface area contributed by atoms with E-state index >= 15 is 0 Å². The molecule has 0 saturated carbocycles. The van der Waals surface area contributed by atoms with Crippen LogP contribution in [0.2, 0.25) is 0 Å². The predicted octanol–water partition coefficient (Wildman–Crippen LogP) is 18.9. The molecule has 0 radical (unpaired) electrons. The zero-order valence-electron chi connectivity index (χ0n) is 40.1. The van der Waals surface area contributed by atoms with Crippen molar-refractivity contribution in [3.63, 3.8) is 0 Å². The van der Waals surface area contributed by atoms with Crippen LogP contribution in [0.25, 0.3) is 93.6 Å². The number of aromatic nitrogens is 1. The molecule has 0 aliphatic rings.